The smallest absolute Gasteiger partial charge is 0.335 e. The highest BCUT2D eigenvalue weighted by Gasteiger charge is 2.37. The van der Waals surface area contributed by atoms with E-state index < -0.39 is 28.3 Å². The number of nitrogens with one attached hydrogen (secondary N) is 1. The van der Waals surface area contributed by atoms with Crippen LogP contribution in [0.2, 0.25) is 15.1 Å². The number of hydrogen-bond acceptors (Lipinski definition) is 6. The third-order valence-corrected chi connectivity index (χ3v) is 5.76. The molecule has 182 valence electrons. The Labute approximate surface area is 219 Å². The van der Waals surface area contributed by atoms with E-state index in [2.05, 4.69) is 5.32 Å². The summed E-state index contributed by atoms with van der Waals surface area (Å²) in [4.78, 5) is 49.2. The van der Waals surface area contributed by atoms with Crippen LogP contribution in [-0.4, -0.2) is 22.8 Å². The van der Waals surface area contributed by atoms with Crippen molar-refractivity contribution < 1.29 is 24.0 Å². The maximum absolute atomic E-state index is 13.2. The van der Waals surface area contributed by atoms with Crippen LogP contribution in [0, 0.1) is 10.1 Å². The van der Waals surface area contributed by atoms with Gasteiger partial charge in [-0.2, -0.15) is 0 Å². The van der Waals surface area contributed by atoms with Gasteiger partial charge in [0.25, 0.3) is 17.5 Å². The van der Waals surface area contributed by atoms with Gasteiger partial charge in [0.2, 0.25) is 0 Å². The number of rotatable bonds is 6. The molecule has 0 saturated carbocycles. The molecule has 0 aliphatic carbocycles. The number of carbonyl (C=O) groups excluding carboxylic acids is 3. The summed E-state index contributed by atoms with van der Waals surface area (Å²) in [6.07, 6.45) is 1.20. The number of barbiturate groups is 1. The minimum Gasteiger partial charge on any atom is -0.487 e. The van der Waals surface area contributed by atoms with Crippen LogP contribution in [0.15, 0.2) is 66.2 Å². The third-order valence-electron chi connectivity index (χ3n) is 5.03. The molecule has 0 spiro atoms. The highest BCUT2D eigenvalue weighted by molar-refractivity contribution is 6.40. The zero-order valence-corrected chi connectivity index (χ0v) is 20.3. The van der Waals surface area contributed by atoms with Crippen LogP contribution in [0.5, 0.6) is 5.75 Å². The zero-order valence-electron chi connectivity index (χ0n) is 18.0. The fourth-order valence-electron chi connectivity index (χ4n) is 3.39. The standard InChI is InChI=1S/C24H14Cl3N3O6/c25-15-3-1-2-13(8-15)12-36-21-14(9-16(26)11-20(21)27)10-19-22(31)28-24(33)29(23(19)32)17-4-6-18(7-5-17)30(34)35/h1-11H,12H2,(H,28,31,33)/b19-10+. The molecule has 1 aliphatic heterocycles. The average molecular weight is 547 g/mol. The Kier molecular flexibility index (Phi) is 7.25. The largest absolute Gasteiger partial charge is 0.487 e. The quantitative estimate of drug-likeness (QED) is 0.181. The Morgan fingerprint density at radius 1 is 0.972 bits per heavy atom. The van der Waals surface area contributed by atoms with E-state index in [0.29, 0.717) is 9.92 Å². The van der Waals surface area contributed by atoms with Crippen molar-refractivity contribution in [3.63, 3.8) is 0 Å². The fourth-order valence-corrected chi connectivity index (χ4v) is 4.17. The molecule has 1 aliphatic rings. The van der Waals surface area contributed by atoms with Gasteiger partial charge in [-0.3, -0.25) is 25.0 Å². The number of carbonyl (C=O) groups is 3. The van der Waals surface area contributed by atoms with Crippen molar-refractivity contribution in [3.8, 4) is 5.75 Å². The van der Waals surface area contributed by atoms with Gasteiger partial charge in [-0.1, -0.05) is 46.9 Å². The number of amides is 4. The summed E-state index contributed by atoms with van der Waals surface area (Å²) in [5.74, 6) is -1.75. The molecule has 1 heterocycles. The first-order chi connectivity index (χ1) is 17.1. The van der Waals surface area contributed by atoms with Gasteiger partial charge in [0.15, 0.2) is 0 Å². The molecule has 1 saturated heterocycles. The second-order valence-corrected chi connectivity index (χ2v) is 8.74. The first-order valence-electron chi connectivity index (χ1n) is 10.2. The Bertz CT molecular complexity index is 1440. The van der Waals surface area contributed by atoms with Crippen molar-refractivity contribution in [1.29, 1.82) is 0 Å². The van der Waals surface area contributed by atoms with Gasteiger partial charge in [-0.25, -0.2) is 9.69 Å². The fraction of sp³-hybridized carbons (Fsp3) is 0.0417. The highest BCUT2D eigenvalue weighted by atomic mass is 35.5. The highest BCUT2D eigenvalue weighted by Crippen LogP contribution is 2.35. The lowest BCUT2D eigenvalue weighted by atomic mass is 10.1. The summed E-state index contributed by atoms with van der Waals surface area (Å²) in [6.45, 7) is 0.0750. The predicted molar refractivity (Wildman–Crippen MR) is 134 cm³/mol. The van der Waals surface area contributed by atoms with Gasteiger partial charge < -0.3 is 4.74 Å². The second-order valence-electron chi connectivity index (χ2n) is 7.46. The Morgan fingerprint density at radius 3 is 2.36 bits per heavy atom. The van der Waals surface area contributed by atoms with Crippen LogP contribution in [0.1, 0.15) is 11.1 Å². The first-order valence-corrected chi connectivity index (χ1v) is 11.3. The Hall–Kier alpha value is -3.92. The van der Waals surface area contributed by atoms with E-state index >= 15 is 0 Å². The molecule has 0 bridgehead atoms. The van der Waals surface area contributed by atoms with E-state index in [9.17, 15) is 24.5 Å². The van der Waals surface area contributed by atoms with Crippen LogP contribution in [0.25, 0.3) is 6.08 Å². The maximum atomic E-state index is 13.2. The van der Waals surface area contributed by atoms with Crippen LogP contribution in [0.3, 0.4) is 0 Å². The molecular weight excluding hydrogens is 533 g/mol. The summed E-state index contributed by atoms with van der Waals surface area (Å²) >= 11 is 18.5. The molecule has 4 amide bonds. The van der Waals surface area contributed by atoms with E-state index in [4.69, 9.17) is 39.5 Å². The van der Waals surface area contributed by atoms with E-state index in [0.717, 1.165) is 17.7 Å². The molecule has 1 fully saturated rings. The number of nitro benzene ring substituents is 1. The van der Waals surface area contributed by atoms with Crippen molar-refractivity contribution in [2.75, 3.05) is 4.90 Å². The molecule has 0 atom stereocenters. The number of halogens is 3. The van der Waals surface area contributed by atoms with Crippen molar-refractivity contribution in [2.24, 2.45) is 0 Å². The van der Waals surface area contributed by atoms with Gasteiger partial charge in [0.1, 0.15) is 17.9 Å². The van der Waals surface area contributed by atoms with E-state index in [-0.39, 0.29) is 39.3 Å². The molecule has 4 rings (SSSR count). The molecule has 0 aromatic heterocycles. The number of nitrogens with zero attached hydrogens (tertiary/aromatic N) is 2. The molecule has 3 aromatic rings. The number of imide groups is 2. The first kappa shape index (κ1) is 25.2. The number of urea groups is 1. The lowest BCUT2D eigenvalue weighted by molar-refractivity contribution is -0.384. The lowest BCUT2D eigenvalue weighted by Gasteiger charge is -2.26. The molecule has 1 N–H and O–H groups in total. The monoisotopic (exact) mass is 545 g/mol. The van der Waals surface area contributed by atoms with Crippen molar-refractivity contribution >= 4 is 70.1 Å². The Balaban J connectivity index is 1.70. The van der Waals surface area contributed by atoms with Crippen molar-refractivity contribution in [2.45, 2.75) is 6.61 Å². The summed E-state index contributed by atoms with van der Waals surface area (Å²) in [5, 5.41) is 13.9. The molecule has 9 nitrogen and oxygen atoms in total. The molecule has 0 unspecified atom stereocenters. The Morgan fingerprint density at radius 2 is 1.69 bits per heavy atom. The van der Waals surface area contributed by atoms with E-state index in [1.54, 1.807) is 24.3 Å². The van der Waals surface area contributed by atoms with E-state index in [1.807, 2.05) is 0 Å². The van der Waals surface area contributed by atoms with Gasteiger partial charge in [-0.15, -0.1) is 0 Å². The van der Waals surface area contributed by atoms with Gasteiger partial charge in [0, 0.05) is 27.7 Å². The van der Waals surface area contributed by atoms with Gasteiger partial charge in [-0.05, 0) is 48.0 Å². The number of nitro groups is 1. The molecular formula is C24H14Cl3N3O6. The molecule has 36 heavy (non-hydrogen) atoms. The van der Waals surface area contributed by atoms with Crippen LogP contribution >= 0.6 is 34.8 Å². The summed E-state index contributed by atoms with van der Waals surface area (Å²) in [7, 11) is 0. The molecule has 12 heteroatoms. The average Bonchev–Trinajstić information content (AvgIpc) is 2.81. The van der Waals surface area contributed by atoms with Crippen LogP contribution in [-0.2, 0) is 16.2 Å². The second kappa shape index (κ2) is 10.4. The van der Waals surface area contributed by atoms with Crippen LogP contribution < -0.4 is 15.0 Å². The molecule has 0 radical (unpaired) electrons. The zero-order chi connectivity index (χ0) is 26.0. The number of anilines is 1. The minimum absolute atomic E-state index is 0.0306. The summed E-state index contributed by atoms with van der Waals surface area (Å²) < 4.78 is 5.86. The van der Waals surface area contributed by atoms with Crippen molar-refractivity contribution in [1.82, 2.24) is 5.32 Å². The number of hydrogen-bond donors (Lipinski definition) is 1. The minimum atomic E-state index is -1.00. The number of non-ortho nitro benzene ring substituents is 1. The number of benzene rings is 3. The van der Waals surface area contributed by atoms with Gasteiger partial charge in [0.05, 0.1) is 15.6 Å². The summed E-state index contributed by atoms with van der Waals surface area (Å²) in [5.41, 5.74) is 0.354. The number of ether oxygens (including phenoxy) is 1. The SMILES string of the molecule is O=C1NC(=O)N(c2ccc([N+](=O)[O-])cc2)C(=O)/C1=C/c1cc(Cl)cc(Cl)c1OCc1cccc(Cl)c1. The third kappa shape index (κ3) is 5.33. The van der Waals surface area contributed by atoms with Gasteiger partial charge >= 0.3 is 6.03 Å². The van der Waals surface area contributed by atoms with Crippen LogP contribution in [0.4, 0.5) is 16.2 Å². The topological polar surface area (TPSA) is 119 Å². The molecule has 3 aromatic carbocycles. The summed E-state index contributed by atoms with van der Waals surface area (Å²) in [6, 6.07) is 13.5. The normalized spacial score (nSPS) is 14.7. The lowest BCUT2D eigenvalue weighted by Crippen LogP contribution is -2.54. The van der Waals surface area contributed by atoms with Crippen molar-refractivity contribution in [3.05, 3.63) is 103 Å². The predicted octanol–water partition coefficient (Wildman–Crippen LogP) is 5.80. The maximum Gasteiger partial charge on any atom is 0.335 e. The van der Waals surface area contributed by atoms with E-state index in [1.165, 1.54) is 30.3 Å².